The maximum Gasteiger partial charge on any atom is 0.216 e. The highest BCUT2D eigenvalue weighted by molar-refractivity contribution is 7.90. The van der Waals surface area contributed by atoms with Crippen molar-refractivity contribution in [2.75, 3.05) is 18.4 Å². The summed E-state index contributed by atoms with van der Waals surface area (Å²) in [6, 6.07) is 6.27. The molecule has 1 aromatic rings. The minimum absolute atomic E-state index is 0.442. The maximum absolute atomic E-state index is 12.0. The molecule has 5 heteroatoms. The van der Waals surface area contributed by atoms with Gasteiger partial charge in [0.15, 0.2) is 0 Å². The molecule has 1 aliphatic rings. The fourth-order valence-corrected chi connectivity index (χ4v) is 3.13. The normalized spacial score (nSPS) is 15.6. The summed E-state index contributed by atoms with van der Waals surface area (Å²) < 4.78 is 25.9. The van der Waals surface area contributed by atoms with E-state index in [0.29, 0.717) is 13.0 Å². The van der Waals surface area contributed by atoms with Crippen LogP contribution in [0.15, 0.2) is 18.2 Å². The smallest absolute Gasteiger partial charge is 0.216 e. The minimum Gasteiger partial charge on any atom is -0.385 e. The third-order valence-corrected chi connectivity index (χ3v) is 5.85. The number of rotatable bonds is 4. The summed E-state index contributed by atoms with van der Waals surface area (Å²) in [6.07, 6.45) is 2.97. The summed E-state index contributed by atoms with van der Waals surface area (Å²) in [5.74, 6) is 0. The van der Waals surface area contributed by atoms with Gasteiger partial charge in [-0.3, -0.25) is 0 Å². The highest BCUT2D eigenvalue weighted by atomic mass is 32.2. The fraction of sp³-hybridized carbons (Fsp3) is 0.600. The Morgan fingerprint density at radius 1 is 1.30 bits per heavy atom. The zero-order valence-corrected chi connectivity index (χ0v) is 13.3. The molecule has 0 spiro atoms. The summed E-state index contributed by atoms with van der Waals surface area (Å²) >= 11 is 0. The van der Waals surface area contributed by atoms with Crippen LogP contribution in [0, 0.1) is 0 Å². The molecule has 4 nitrogen and oxygen atoms in total. The second-order valence-electron chi connectivity index (χ2n) is 6.24. The molecule has 0 saturated carbocycles. The van der Waals surface area contributed by atoms with Crippen LogP contribution in [0.5, 0.6) is 0 Å². The molecule has 0 atom stereocenters. The number of hydrogen-bond donors (Lipinski definition) is 2. The number of aryl methyl sites for hydroxylation is 1. The molecule has 0 amide bonds. The molecule has 0 fully saturated rings. The van der Waals surface area contributed by atoms with Gasteiger partial charge in [-0.05, 0) is 51.2 Å². The van der Waals surface area contributed by atoms with E-state index in [1.165, 1.54) is 16.8 Å². The summed E-state index contributed by atoms with van der Waals surface area (Å²) in [4.78, 5) is 0. The first-order valence-corrected chi connectivity index (χ1v) is 8.63. The van der Waals surface area contributed by atoms with Gasteiger partial charge in [0.05, 0.1) is 4.75 Å². The van der Waals surface area contributed by atoms with E-state index in [4.69, 9.17) is 0 Å². The van der Waals surface area contributed by atoms with Crippen LogP contribution >= 0.6 is 0 Å². The van der Waals surface area contributed by atoms with Gasteiger partial charge in [0.1, 0.15) is 0 Å². The van der Waals surface area contributed by atoms with Crippen molar-refractivity contribution in [3.8, 4) is 0 Å². The van der Waals surface area contributed by atoms with Crippen LogP contribution in [0.2, 0.25) is 0 Å². The van der Waals surface area contributed by atoms with Gasteiger partial charge in [-0.25, -0.2) is 13.1 Å². The predicted octanol–water partition coefficient (Wildman–Crippen LogP) is 2.31. The third kappa shape index (κ3) is 3.33. The number of fused-ring (bicyclic) bond motifs is 1. The van der Waals surface area contributed by atoms with Gasteiger partial charge in [-0.2, -0.15) is 0 Å². The van der Waals surface area contributed by atoms with Crippen molar-refractivity contribution in [1.82, 2.24) is 4.72 Å². The lowest BCUT2D eigenvalue weighted by Gasteiger charge is -2.22. The number of hydrogen-bond acceptors (Lipinski definition) is 3. The molecular formula is C15H24N2O2S. The average Bonchev–Trinajstić information content (AvgIpc) is 2.37. The number of nitrogens with one attached hydrogen (secondary N) is 2. The Morgan fingerprint density at radius 3 is 2.75 bits per heavy atom. The van der Waals surface area contributed by atoms with Crippen LogP contribution < -0.4 is 10.0 Å². The molecular weight excluding hydrogens is 272 g/mol. The quantitative estimate of drug-likeness (QED) is 0.896. The van der Waals surface area contributed by atoms with Gasteiger partial charge >= 0.3 is 0 Å². The number of benzene rings is 1. The van der Waals surface area contributed by atoms with Gasteiger partial charge in [-0.15, -0.1) is 0 Å². The summed E-state index contributed by atoms with van der Waals surface area (Å²) in [5.41, 5.74) is 3.74. The monoisotopic (exact) mass is 296 g/mol. The van der Waals surface area contributed by atoms with Gasteiger partial charge in [0.2, 0.25) is 10.0 Å². The van der Waals surface area contributed by atoms with Gasteiger partial charge < -0.3 is 5.32 Å². The largest absolute Gasteiger partial charge is 0.385 e. The van der Waals surface area contributed by atoms with Crippen LogP contribution in [-0.2, 0) is 22.9 Å². The van der Waals surface area contributed by atoms with Gasteiger partial charge in [0, 0.05) is 18.8 Å². The van der Waals surface area contributed by atoms with Crippen molar-refractivity contribution < 1.29 is 8.42 Å². The second kappa shape index (κ2) is 5.74. The molecule has 2 N–H and O–H groups in total. The van der Waals surface area contributed by atoms with Crippen molar-refractivity contribution in [1.29, 1.82) is 0 Å². The Bertz CT molecular complexity index is 574. The van der Waals surface area contributed by atoms with E-state index in [-0.39, 0.29) is 0 Å². The van der Waals surface area contributed by atoms with Crippen LogP contribution in [0.1, 0.15) is 38.3 Å². The molecule has 1 heterocycles. The molecule has 0 bridgehead atoms. The molecule has 0 unspecified atom stereocenters. The Morgan fingerprint density at radius 2 is 2.05 bits per heavy atom. The standard InChI is InChI=1S/C15H24N2O2S/c1-15(2,3)20(18,19)17-11-9-13-7-4-6-12-8-5-10-16-14(12)13/h4,6-7,16-17H,5,8-11H2,1-3H3. The van der Waals surface area contributed by atoms with Crippen LogP contribution in [-0.4, -0.2) is 26.3 Å². The molecule has 0 aliphatic carbocycles. The van der Waals surface area contributed by atoms with Crippen molar-refractivity contribution >= 4 is 15.7 Å². The fourth-order valence-electron chi connectivity index (χ4n) is 2.33. The summed E-state index contributed by atoms with van der Waals surface area (Å²) in [5, 5.41) is 3.43. The van der Waals surface area contributed by atoms with Crippen molar-refractivity contribution in [3.63, 3.8) is 0 Å². The zero-order chi connectivity index (χ0) is 14.8. The van der Waals surface area contributed by atoms with Crippen LogP contribution in [0.3, 0.4) is 0 Å². The third-order valence-electron chi connectivity index (χ3n) is 3.65. The topological polar surface area (TPSA) is 58.2 Å². The molecule has 112 valence electrons. The van der Waals surface area contributed by atoms with E-state index in [1.54, 1.807) is 20.8 Å². The van der Waals surface area contributed by atoms with Gasteiger partial charge in [0.25, 0.3) is 0 Å². The molecule has 0 radical (unpaired) electrons. The first kappa shape index (κ1) is 15.3. The second-order valence-corrected chi connectivity index (χ2v) is 8.76. The summed E-state index contributed by atoms with van der Waals surface area (Å²) in [7, 11) is -3.26. The van der Waals surface area contributed by atoms with E-state index in [2.05, 4.69) is 28.2 Å². The van der Waals surface area contributed by atoms with E-state index in [9.17, 15) is 8.42 Å². The Hall–Kier alpha value is -1.07. The molecule has 1 aromatic carbocycles. The maximum atomic E-state index is 12.0. The lowest BCUT2D eigenvalue weighted by molar-refractivity contribution is 0.545. The average molecular weight is 296 g/mol. The van der Waals surface area contributed by atoms with E-state index in [1.807, 2.05) is 0 Å². The van der Waals surface area contributed by atoms with Gasteiger partial charge in [-0.1, -0.05) is 18.2 Å². The molecule has 2 rings (SSSR count). The minimum atomic E-state index is -3.26. The van der Waals surface area contributed by atoms with Crippen LogP contribution in [0.25, 0.3) is 0 Å². The molecule has 20 heavy (non-hydrogen) atoms. The lowest BCUT2D eigenvalue weighted by atomic mass is 9.98. The highest BCUT2D eigenvalue weighted by Crippen LogP contribution is 2.26. The highest BCUT2D eigenvalue weighted by Gasteiger charge is 2.28. The Labute approximate surface area is 122 Å². The van der Waals surface area contributed by atoms with E-state index in [0.717, 1.165) is 19.4 Å². The van der Waals surface area contributed by atoms with Crippen molar-refractivity contribution in [2.24, 2.45) is 0 Å². The van der Waals surface area contributed by atoms with E-state index < -0.39 is 14.8 Å². The molecule has 0 saturated heterocycles. The number of sulfonamides is 1. The Balaban J connectivity index is 2.02. The lowest BCUT2D eigenvalue weighted by Crippen LogP contribution is -2.40. The Kier molecular flexibility index (Phi) is 4.39. The summed E-state index contributed by atoms with van der Waals surface area (Å²) in [6.45, 7) is 6.57. The van der Waals surface area contributed by atoms with Crippen molar-refractivity contribution in [3.05, 3.63) is 29.3 Å². The zero-order valence-electron chi connectivity index (χ0n) is 12.5. The van der Waals surface area contributed by atoms with Crippen molar-refractivity contribution in [2.45, 2.75) is 44.8 Å². The van der Waals surface area contributed by atoms with Crippen LogP contribution in [0.4, 0.5) is 5.69 Å². The van der Waals surface area contributed by atoms with E-state index >= 15 is 0 Å². The number of anilines is 1. The SMILES string of the molecule is CC(C)(C)S(=O)(=O)NCCc1cccc2c1NCCC2. The first-order chi connectivity index (χ1) is 9.31. The number of para-hydroxylation sites is 1. The molecule has 1 aliphatic heterocycles. The predicted molar refractivity (Wildman–Crippen MR) is 83.6 cm³/mol. The molecule has 0 aromatic heterocycles. The first-order valence-electron chi connectivity index (χ1n) is 7.15.